The van der Waals surface area contributed by atoms with Crippen molar-refractivity contribution < 1.29 is 4.79 Å². The zero-order valence-electron chi connectivity index (χ0n) is 13.3. The van der Waals surface area contributed by atoms with E-state index in [2.05, 4.69) is 34.2 Å². The average Bonchev–Trinajstić information content (AvgIpc) is 3.00. The maximum absolute atomic E-state index is 12.5. The van der Waals surface area contributed by atoms with E-state index in [0.717, 1.165) is 25.8 Å². The van der Waals surface area contributed by atoms with E-state index < -0.39 is 0 Å². The van der Waals surface area contributed by atoms with Crippen LogP contribution in [0.25, 0.3) is 0 Å². The van der Waals surface area contributed by atoms with Crippen LogP contribution in [0.2, 0.25) is 0 Å². The number of amides is 1. The normalized spacial score (nSPS) is 18.1. The summed E-state index contributed by atoms with van der Waals surface area (Å²) in [7, 11) is 0. The van der Waals surface area contributed by atoms with Gasteiger partial charge in [-0.2, -0.15) is 5.10 Å². The molecule has 1 saturated heterocycles. The van der Waals surface area contributed by atoms with E-state index in [1.165, 1.54) is 11.1 Å². The van der Waals surface area contributed by atoms with Crippen LogP contribution in [0.15, 0.2) is 29.1 Å². The van der Waals surface area contributed by atoms with E-state index in [1.54, 1.807) is 0 Å². The Labute approximate surface area is 134 Å². The Morgan fingerprint density at radius 3 is 2.96 bits per heavy atom. The van der Waals surface area contributed by atoms with E-state index in [-0.39, 0.29) is 17.5 Å². The molecule has 1 aliphatic heterocycles. The van der Waals surface area contributed by atoms with Crippen molar-refractivity contribution in [1.29, 1.82) is 0 Å². The molecule has 1 aromatic heterocycles. The van der Waals surface area contributed by atoms with Crippen LogP contribution in [-0.2, 0) is 11.2 Å². The SMILES string of the molecule is Cc1ccccc1CCC(=O)N1CCCC(c2n[nH]c(=O)[nH]2)C1. The molecule has 0 aliphatic carbocycles. The van der Waals surface area contributed by atoms with Crippen molar-refractivity contribution in [2.75, 3.05) is 13.1 Å². The van der Waals surface area contributed by atoms with Gasteiger partial charge in [0.25, 0.3) is 0 Å². The van der Waals surface area contributed by atoms with E-state index in [4.69, 9.17) is 0 Å². The van der Waals surface area contributed by atoms with Crippen molar-refractivity contribution in [3.63, 3.8) is 0 Å². The molecule has 2 aromatic rings. The number of nitrogens with one attached hydrogen (secondary N) is 2. The van der Waals surface area contributed by atoms with Gasteiger partial charge in [-0.05, 0) is 37.3 Å². The molecule has 1 aliphatic rings. The van der Waals surface area contributed by atoms with Crippen LogP contribution >= 0.6 is 0 Å². The van der Waals surface area contributed by atoms with Gasteiger partial charge in [0.15, 0.2) is 0 Å². The van der Waals surface area contributed by atoms with Crippen molar-refractivity contribution in [1.82, 2.24) is 20.1 Å². The number of hydrogen-bond acceptors (Lipinski definition) is 3. The second kappa shape index (κ2) is 6.81. The van der Waals surface area contributed by atoms with E-state index in [9.17, 15) is 9.59 Å². The number of H-pyrrole nitrogens is 2. The largest absolute Gasteiger partial charge is 0.342 e. The molecule has 1 aromatic carbocycles. The third kappa shape index (κ3) is 3.70. The fourth-order valence-corrected chi connectivity index (χ4v) is 3.19. The molecule has 1 unspecified atom stereocenters. The number of aryl methyl sites for hydroxylation is 2. The summed E-state index contributed by atoms with van der Waals surface area (Å²) in [5.41, 5.74) is 2.17. The lowest BCUT2D eigenvalue weighted by Gasteiger charge is -2.31. The number of aromatic nitrogens is 3. The molecule has 6 heteroatoms. The van der Waals surface area contributed by atoms with Crippen LogP contribution in [0.5, 0.6) is 0 Å². The highest BCUT2D eigenvalue weighted by Gasteiger charge is 2.26. The molecule has 1 amide bonds. The smallest absolute Gasteiger partial charge is 0.340 e. The predicted octanol–water partition coefficient (Wildman–Crippen LogP) is 1.75. The summed E-state index contributed by atoms with van der Waals surface area (Å²) < 4.78 is 0. The van der Waals surface area contributed by atoms with Crippen LogP contribution in [0.1, 0.15) is 42.1 Å². The van der Waals surface area contributed by atoms with Crippen LogP contribution < -0.4 is 5.69 Å². The molecule has 0 bridgehead atoms. The lowest BCUT2D eigenvalue weighted by molar-refractivity contribution is -0.132. The number of carbonyl (C=O) groups is 1. The Morgan fingerprint density at radius 1 is 1.39 bits per heavy atom. The highest BCUT2D eigenvalue weighted by molar-refractivity contribution is 5.76. The van der Waals surface area contributed by atoms with Gasteiger partial charge >= 0.3 is 5.69 Å². The van der Waals surface area contributed by atoms with E-state index in [1.807, 2.05) is 17.0 Å². The van der Waals surface area contributed by atoms with Gasteiger partial charge < -0.3 is 4.90 Å². The molecule has 0 radical (unpaired) electrons. The van der Waals surface area contributed by atoms with Crippen LogP contribution in [0.3, 0.4) is 0 Å². The minimum Gasteiger partial charge on any atom is -0.342 e. The topological polar surface area (TPSA) is 81.8 Å². The van der Waals surface area contributed by atoms with Gasteiger partial charge in [0.1, 0.15) is 5.82 Å². The molecule has 1 atom stereocenters. The van der Waals surface area contributed by atoms with Gasteiger partial charge in [0.05, 0.1) is 0 Å². The second-order valence-electron chi connectivity index (χ2n) is 6.17. The second-order valence-corrected chi connectivity index (χ2v) is 6.17. The first-order chi connectivity index (χ1) is 11.1. The number of piperidine rings is 1. The third-order valence-corrected chi connectivity index (χ3v) is 4.55. The first kappa shape index (κ1) is 15.5. The Kier molecular flexibility index (Phi) is 4.60. The van der Waals surface area contributed by atoms with Gasteiger partial charge in [0, 0.05) is 25.4 Å². The first-order valence-electron chi connectivity index (χ1n) is 8.10. The summed E-state index contributed by atoms with van der Waals surface area (Å²) in [4.78, 5) is 28.3. The number of benzene rings is 1. The summed E-state index contributed by atoms with van der Waals surface area (Å²) in [5, 5.41) is 6.41. The monoisotopic (exact) mass is 314 g/mol. The fourth-order valence-electron chi connectivity index (χ4n) is 3.19. The number of carbonyl (C=O) groups excluding carboxylic acids is 1. The maximum atomic E-state index is 12.5. The van der Waals surface area contributed by atoms with Crippen LogP contribution in [-0.4, -0.2) is 39.1 Å². The van der Waals surface area contributed by atoms with Gasteiger partial charge in [-0.25, -0.2) is 9.89 Å². The minimum absolute atomic E-state index is 0.116. The molecule has 2 heterocycles. The summed E-state index contributed by atoms with van der Waals surface area (Å²) in [5.74, 6) is 0.951. The molecule has 1 fully saturated rings. The van der Waals surface area contributed by atoms with Gasteiger partial charge in [-0.15, -0.1) is 0 Å². The standard InChI is InChI=1S/C17H22N4O2/c1-12-5-2-3-6-13(12)8-9-15(22)21-10-4-7-14(11-21)16-18-17(23)20-19-16/h2-3,5-6,14H,4,7-11H2,1H3,(H2,18,19,20,23). The Bertz CT molecular complexity index is 734. The molecule has 2 N–H and O–H groups in total. The number of aromatic amines is 2. The Hall–Kier alpha value is -2.37. The number of likely N-dealkylation sites (tertiary alicyclic amines) is 1. The molecule has 0 spiro atoms. The Balaban J connectivity index is 1.59. The van der Waals surface area contributed by atoms with Gasteiger partial charge in [-0.1, -0.05) is 24.3 Å². The van der Waals surface area contributed by atoms with Gasteiger partial charge in [-0.3, -0.25) is 9.78 Å². The quantitative estimate of drug-likeness (QED) is 0.902. The molecular weight excluding hydrogens is 292 g/mol. The van der Waals surface area contributed by atoms with Crippen molar-refractivity contribution in [3.05, 3.63) is 51.7 Å². The maximum Gasteiger partial charge on any atom is 0.340 e. The molecular formula is C17H22N4O2. The van der Waals surface area contributed by atoms with Crippen molar-refractivity contribution in [2.24, 2.45) is 0 Å². The van der Waals surface area contributed by atoms with Crippen LogP contribution in [0, 0.1) is 6.92 Å². The number of hydrogen-bond donors (Lipinski definition) is 2. The van der Waals surface area contributed by atoms with Crippen molar-refractivity contribution >= 4 is 5.91 Å². The molecule has 0 saturated carbocycles. The summed E-state index contributed by atoms with van der Waals surface area (Å²) in [6, 6.07) is 8.18. The molecule has 6 nitrogen and oxygen atoms in total. The first-order valence-corrected chi connectivity index (χ1v) is 8.10. The van der Waals surface area contributed by atoms with E-state index >= 15 is 0 Å². The number of rotatable bonds is 4. The minimum atomic E-state index is -0.289. The predicted molar refractivity (Wildman–Crippen MR) is 87.3 cm³/mol. The van der Waals surface area contributed by atoms with Crippen molar-refractivity contribution in [2.45, 2.75) is 38.5 Å². The zero-order chi connectivity index (χ0) is 16.2. The molecule has 122 valence electrons. The summed E-state index contributed by atoms with van der Waals surface area (Å²) in [6.45, 7) is 3.50. The van der Waals surface area contributed by atoms with Gasteiger partial charge in [0.2, 0.25) is 5.91 Å². The highest BCUT2D eigenvalue weighted by Crippen LogP contribution is 2.24. The summed E-state index contributed by atoms with van der Waals surface area (Å²) >= 11 is 0. The summed E-state index contributed by atoms with van der Waals surface area (Å²) in [6.07, 6.45) is 3.18. The highest BCUT2D eigenvalue weighted by atomic mass is 16.2. The molecule has 3 rings (SSSR count). The third-order valence-electron chi connectivity index (χ3n) is 4.55. The molecule has 23 heavy (non-hydrogen) atoms. The lowest BCUT2D eigenvalue weighted by Crippen LogP contribution is -2.39. The lowest BCUT2D eigenvalue weighted by atomic mass is 9.96. The van der Waals surface area contributed by atoms with Crippen LogP contribution in [0.4, 0.5) is 0 Å². The zero-order valence-corrected chi connectivity index (χ0v) is 13.3. The average molecular weight is 314 g/mol. The van der Waals surface area contributed by atoms with E-state index in [0.29, 0.717) is 18.8 Å². The number of nitrogens with zero attached hydrogens (tertiary/aromatic N) is 2. The fraction of sp³-hybridized carbons (Fsp3) is 0.471. The Morgan fingerprint density at radius 2 is 2.22 bits per heavy atom. The van der Waals surface area contributed by atoms with Crippen molar-refractivity contribution in [3.8, 4) is 0 Å².